The predicted molar refractivity (Wildman–Crippen MR) is 46.6 cm³/mol. The van der Waals surface area contributed by atoms with Crippen LogP contribution < -0.4 is 5.73 Å². The van der Waals surface area contributed by atoms with Crippen molar-refractivity contribution in [3.05, 3.63) is 0 Å². The molecule has 0 aromatic heterocycles. The quantitative estimate of drug-likeness (QED) is 0.690. The molecule has 0 aromatic rings. The molecule has 0 rings (SSSR count). The van der Waals surface area contributed by atoms with Crippen LogP contribution in [0.2, 0.25) is 0 Å². The molecule has 3 heteroatoms. The number of hydrogen-bond donors (Lipinski definition) is 1. The van der Waals surface area contributed by atoms with Crippen LogP contribution in [0, 0.1) is 0 Å². The van der Waals surface area contributed by atoms with Crippen LogP contribution in [0.1, 0.15) is 27.2 Å². The van der Waals surface area contributed by atoms with Gasteiger partial charge in [0.15, 0.2) is 0 Å². The van der Waals surface area contributed by atoms with E-state index in [1.165, 1.54) is 0 Å². The minimum Gasteiger partial charge on any atom is -0.376 e. The summed E-state index contributed by atoms with van der Waals surface area (Å²) in [5.74, 6) is 0. The van der Waals surface area contributed by atoms with Crippen molar-refractivity contribution in [1.82, 2.24) is 0 Å². The van der Waals surface area contributed by atoms with E-state index >= 15 is 0 Å². The standard InChI is InChI=1S/C7H17NO.ClH/c1-4-9-7(2,3)5-6-8;/h4-6,8H2,1-3H3;1H. The highest BCUT2D eigenvalue weighted by atomic mass is 35.5. The third-order valence-electron chi connectivity index (χ3n) is 1.28. The molecule has 0 spiro atoms. The Labute approximate surface area is 69.5 Å². The lowest BCUT2D eigenvalue weighted by molar-refractivity contribution is -0.0141. The van der Waals surface area contributed by atoms with Gasteiger partial charge in [-0.25, -0.2) is 0 Å². The van der Waals surface area contributed by atoms with E-state index in [1.807, 2.05) is 6.92 Å². The van der Waals surface area contributed by atoms with Gasteiger partial charge in [-0.2, -0.15) is 0 Å². The summed E-state index contributed by atoms with van der Waals surface area (Å²) >= 11 is 0. The number of rotatable bonds is 4. The van der Waals surface area contributed by atoms with Gasteiger partial charge in [0.25, 0.3) is 0 Å². The van der Waals surface area contributed by atoms with Crippen LogP contribution in [-0.2, 0) is 4.74 Å². The van der Waals surface area contributed by atoms with Crippen LogP contribution >= 0.6 is 12.4 Å². The number of hydrogen-bond acceptors (Lipinski definition) is 2. The lowest BCUT2D eigenvalue weighted by atomic mass is 10.1. The zero-order valence-electron chi connectivity index (χ0n) is 7.02. The van der Waals surface area contributed by atoms with Crippen molar-refractivity contribution in [2.75, 3.05) is 13.2 Å². The fourth-order valence-corrected chi connectivity index (χ4v) is 0.811. The average Bonchev–Trinajstić information content (AvgIpc) is 1.64. The van der Waals surface area contributed by atoms with E-state index in [1.54, 1.807) is 0 Å². The van der Waals surface area contributed by atoms with E-state index in [0.29, 0.717) is 6.54 Å². The first-order valence-corrected chi connectivity index (χ1v) is 3.46. The van der Waals surface area contributed by atoms with Crippen LogP contribution in [0.3, 0.4) is 0 Å². The summed E-state index contributed by atoms with van der Waals surface area (Å²) in [7, 11) is 0. The normalized spacial score (nSPS) is 10.8. The van der Waals surface area contributed by atoms with Gasteiger partial charge in [0.1, 0.15) is 0 Å². The molecule has 0 aliphatic rings. The van der Waals surface area contributed by atoms with Gasteiger partial charge in [-0.15, -0.1) is 12.4 Å². The van der Waals surface area contributed by atoms with Gasteiger partial charge in [0.2, 0.25) is 0 Å². The molecular weight excluding hydrogens is 150 g/mol. The topological polar surface area (TPSA) is 35.2 Å². The molecule has 0 saturated heterocycles. The lowest BCUT2D eigenvalue weighted by Gasteiger charge is -2.23. The van der Waals surface area contributed by atoms with Crippen LogP contribution in [-0.4, -0.2) is 18.8 Å². The SMILES string of the molecule is CCOC(C)(C)CCN.Cl. The van der Waals surface area contributed by atoms with Crippen molar-refractivity contribution < 1.29 is 4.74 Å². The van der Waals surface area contributed by atoms with Crippen LogP contribution in [0.4, 0.5) is 0 Å². The molecule has 0 unspecified atom stereocenters. The second kappa shape index (κ2) is 5.96. The smallest absolute Gasteiger partial charge is 0.0638 e. The monoisotopic (exact) mass is 167 g/mol. The van der Waals surface area contributed by atoms with Crippen LogP contribution in [0.5, 0.6) is 0 Å². The highest BCUT2D eigenvalue weighted by Gasteiger charge is 2.14. The molecule has 0 radical (unpaired) electrons. The summed E-state index contributed by atoms with van der Waals surface area (Å²) in [4.78, 5) is 0. The first-order chi connectivity index (χ1) is 4.12. The molecule has 64 valence electrons. The van der Waals surface area contributed by atoms with Crippen molar-refractivity contribution >= 4 is 12.4 Å². The van der Waals surface area contributed by atoms with Crippen LogP contribution in [0.25, 0.3) is 0 Å². The maximum absolute atomic E-state index is 5.39. The Bertz CT molecular complexity index is 68.0. The third-order valence-corrected chi connectivity index (χ3v) is 1.28. The molecule has 0 aromatic carbocycles. The first-order valence-electron chi connectivity index (χ1n) is 3.46. The first kappa shape index (κ1) is 12.8. The molecule has 10 heavy (non-hydrogen) atoms. The zero-order valence-corrected chi connectivity index (χ0v) is 7.83. The highest BCUT2D eigenvalue weighted by molar-refractivity contribution is 5.85. The molecule has 2 nitrogen and oxygen atoms in total. The minimum absolute atomic E-state index is 0. The maximum Gasteiger partial charge on any atom is 0.0638 e. The largest absolute Gasteiger partial charge is 0.376 e. The Morgan fingerprint density at radius 1 is 1.40 bits per heavy atom. The summed E-state index contributed by atoms with van der Waals surface area (Å²) in [5, 5.41) is 0. The summed E-state index contributed by atoms with van der Waals surface area (Å²) < 4.78 is 5.39. The van der Waals surface area contributed by atoms with Crippen molar-refractivity contribution in [3.63, 3.8) is 0 Å². The Hall–Kier alpha value is 0.210. The van der Waals surface area contributed by atoms with Gasteiger partial charge in [0, 0.05) is 6.61 Å². The van der Waals surface area contributed by atoms with Gasteiger partial charge in [-0.1, -0.05) is 0 Å². The summed E-state index contributed by atoms with van der Waals surface area (Å²) in [5.41, 5.74) is 5.34. The molecule has 0 aliphatic carbocycles. The molecule has 0 aliphatic heterocycles. The molecular formula is C7H18ClNO. The lowest BCUT2D eigenvalue weighted by Crippen LogP contribution is -2.27. The molecule has 0 amide bonds. The van der Waals surface area contributed by atoms with Gasteiger partial charge < -0.3 is 10.5 Å². The molecule has 0 atom stereocenters. The second-order valence-corrected chi connectivity index (χ2v) is 2.73. The minimum atomic E-state index is -0.0243. The van der Waals surface area contributed by atoms with E-state index in [9.17, 15) is 0 Å². The molecule has 0 heterocycles. The molecule has 2 N–H and O–H groups in total. The average molecular weight is 168 g/mol. The second-order valence-electron chi connectivity index (χ2n) is 2.73. The number of ether oxygens (including phenoxy) is 1. The van der Waals surface area contributed by atoms with Crippen molar-refractivity contribution in [2.24, 2.45) is 5.73 Å². The third kappa shape index (κ3) is 6.33. The Kier molecular flexibility index (Phi) is 7.65. The van der Waals surface area contributed by atoms with Crippen molar-refractivity contribution in [2.45, 2.75) is 32.8 Å². The Balaban J connectivity index is 0. The zero-order chi connectivity index (χ0) is 7.33. The Morgan fingerprint density at radius 3 is 2.20 bits per heavy atom. The number of halogens is 1. The van der Waals surface area contributed by atoms with E-state index in [0.717, 1.165) is 13.0 Å². The molecule has 0 saturated carbocycles. The maximum atomic E-state index is 5.39. The summed E-state index contributed by atoms with van der Waals surface area (Å²) in [6.45, 7) is 7.59. The van der Waals surface area contributed by atoms with E-state index in [-0.39, 0.29) is 18.0 Å². The number of nitrogens with two attached hydrogens (primary N) is 1. The van der Waals surface area contributed by atoms with Gasteiger partial charge >= 0.3 is 0 Å². The van der Waals surface area contributed by atoms with Gasteiger partial charge in [-0.3, -0.25) is 0 Å². The van der Waals surface area contributed by atoms with Gasteiger partial charge in [-0.05, 0) is 33.7 Å². The fraction of sp³-hybridized carbons (Fsp3) is 1.00. The fourth-order valence-electron chi connectivity index (χ4n) is 0.811. The van der Waals surface area contributed by atoms with Gasteiger partial charge in [0.05, 0.1) is 5.60 Å². The van der Waals surface area contributed by atoms with E-state index in [2.05, 4.69) is 13.8 Å². The Morgan fingerprint density at radius 2 is 1.90 bits per heavy atom. The van der Waals surface area contributed by atoms with E-state index < -0.39 is 0 Å². The molecule has 0 fully saturated rings. The van der Waals surface area contributed by atoms with Crippen LogP contribution in [0.15, 0.2) is 0 Å². The summed E-state index contributed by atoms with van der Waals surface area (Å²) in [6.07, 6.45) is 0.931. The van der Waals surface area contributed by atoms with E-state index in [4.69, 9.17) is 10.5 Å². The highest BCUT2D eigenvalue weighted by Crippen LogP contribution is 2.11. The summed E-state index contributed by atoms with van der Waals surface area (Å²) in [6, 6.07) is 0. The van der Waals surface area contributed by atoms with Crippen molar-refractivity contribution in [3.8, 4) is 0 Å². The molecule has 0 bridgehead atoms. The predicted octanol–water partition coefficient (Wildman–Crippen LogP) is 1.57. The van der Waals surface area contributed by atoms with Crippen molar-refractivity contribution in [1.29, 1.82) is 0 Å².